The summed E-state index contributed by atoms with van der Waals surface area (Å²) in [6.07, 6.45) is 0. The number of anilines is 1. The number of benzene rings is 1. The molecule has 0 saturated heterocycles. The summed E-state index contributed by atoms with van der Waals surface area (Å²) in [5.74, 6) is -2.04. The van der Waals surface area contributed by atoms with Gasteiger partial charge in [-0.2, -0.15) is 0 Å². The molecular formula is C21H22N4O6. The summed E-state index contributed by atoms with van der Waals surface area (Å²) in [5, 5.41) is 6.85. The minimum absolute atomic E-state index is 0.0670. The first kappa shape index (κ1) is 20.5. The van der Waals surface area contributed by atoms with Crippen LogP contribution in [0.1, 0.15) is 30.7 Å². The number of nitrogens with zero attached hydrogens (tertiary/aromatic N) is 2. The second-order valence-electron chi connectivity index (χ2n) is 7.06. The molecule has 3 heterocycles. The summed E-state index contributed by atoms with van der Waals surface area (Å²) in [6.45, 7) is 5.08. The molecule has 1 aromatic carbocycles. The number of para-hydroxylation sites is 1. The Hall–Kier alpha value is -3.82. The summed E-state index contributed by atoms with van der Waals surface area (Å²) >= 11 is 0. The number of esters is 3. The molecule has 1 spiro atoms. The van der Waals surface area contributed by atoms with Crippen LogP contribution in [0.2, 0.25) is 0 Å². The first-order valence-electron chi connectivity index (χ1n) is 9.85. The first-order valence-corrected chi connectivity index (χ1v) is 9.85. The quantitative estimate of drug-likeness (QED) is 0.672. The predicted octanol–water partition coefficient (Wildman–Crippen LogP) is 1.04. The zero-order valence-corrected chi connectivity index (χ0v) is 17.4. The fourth-order valence-electron chi connectivity index (χ4n) is 4.25. The number of nitrogens with two attached hydrogens (primary N) is 1. The van der Waals surface area contributed by atoms with Gasteiger partial charge in [0.15, 0.2) is 5.41 Å². The largest absolute Gasteiger partial charge is 0.465 e. The summed E-state index contributed by atoms with van der Waals surface area (Å²) in [4.78, 5) is 40.3. The number of aryl methyl sites for hydroxylation is 1. The van der Waals surface area contributed by atoms with Crippen molar-refractivity contribution in [2.75, 3.05) is 24.7 Å². The molecule has 1 aromatic heterocycles. The van der Waals surface area contributed by atoms with Crippen LogP contribution in [-0.4, -0.2) is 47.9 Å². The van der Waals surface area contributed by atoms with Crippen molar-refractivity contribution in [1.82, 2.24) is 10.2 Å². The third-order valence-electron chi connectivity index (χ3n) is 5.38. The standard InChI is InChI=1S/C21H22N4O6/c1-4-29-14(26)10-25-13-9-7-6-8-12(13)21(16(17(25)22)19(27)30-5-2)15-11(3)23-24-18(15)31-20(21)28/h6-9H,4-5,10,22H2,1-3H3,(H,23,24)/t21-/m0/s1. The fraction of sp³-hybridized carbons (Fsp3) is 0.333. The SMILES string of the molecule is CCOC(=O)CN1C(N)=C(C(=O)OCC)[C@]2(C(=O)Oc3n[nH]c(C)c32)c2ccccc21. The highest BCUT2D eigenvalue weighted by Crippen LogP contribution is 2.55. The Kier molecular flexibility index (Phi) is 4.92. The lowest BCUT2D eigenvalue weighted by atomic mass is 9.67. The van der Waals surface area contributed by atoms with Gasteiger partial charge in [0.1, 0.15) is 17.9 Å². The van der Waals surface area contributed by atoms with E-state index in [1.54, 1.807) is 45.0 Å². The van der Waals surface area contributed by atoms with E-state index in [0.717, 1.165) is 0 Å². The number of fused-ring (bicyclic) bond motifs is 4. The number of H-pyrrole nitrogens is 1. The molecule has 10 nitrogen and oxygen atoms in total. The van der Waals surface area contributed by atoms with E-state index in [2.05, 4.69) is 10.2 Å². The minimum atomic E-state index is -1.68. The van der Waals surface area contributed by atoms with Crippen molar-refractivity contribution in [3.05, 3.63) is 52.5 Å². The van der Waals surface area contributed by atoms with E-state index in [0.29, 0.717) is 22.5 Å². The van der Waals surface area contributed by atoms with Crippen molar-refractivity contribution in [3.63, 3.8) is 0 Å². The molecule has 3 N–H and O–H groups in total. The van der Waals surface area contributed by atoms with Crippen LogP contribution in [0.3, 0.4) is 0 Å². The van der Waals surface area contributed by atoms with Gasteiger partial charge in [0, 0.05) is 16.9 Å². The maximum absolute atomic E-state index is 13.4. The van der Waals surface area contributed by atoms with Gasteiger partial charge < -0.3 is 24.8 Å². The van der Waals surface area contributed by atoms with Crippen LogP contribution in [0, 0.1) is 6.92 Å². The molecule has 0 amide bonds. The molecule has 4 rings (SSSR count). The van der Waals surface area contributed by atoms with Gasteiger partial charge in [-0.1, -0.05) is 18.2 Å². The van der Waals surface area contributed by atoms with E-state index >= 15 is 0 Å². The number of carbonyl (C=O) groups excluding carboxylic acids is 3. The number of rotatable bonds is 5. The molecule has 0 unspecified atom stereocenters. The third kappa shape index (κ3) is 2.78. The summed E-state index contributed by atoms with van der Waals surface area (Å²) in [5.41, 5.74) is 6.52. The minimum Gasteiger partial charge on any atom is -0.465 e. The normalized spacial score (nSPS) is 19.2. The Morgan fingerprint density at radius 1 is 1.23 bits per heavy atom. The fourth-order valence-corrected chi connectivity index (χ4v) is 4.25. The van der Waals surface area contributed by atoms with Gasteiger partial charge in [-0.25, -0.2) is 9.59 Å². The predicted molar refractivity (Wildman–Crippen MR) is 108 cm³/mol. The summed E-state index contributed by atoms with van der Waals surface area (Å²) in [6, 6.07) is 6.89. The third-order valence-corrected chi connectivity index (χ3v) is 5.38. The van der Waals surface area contributed by atoms with Crippen LogP contribution in [0.4, 0.5) is 5.69 Å². The van der Waals surface area contributed by atoms with Crippen LogP contribution in [-0.2, 0) is 29.3 Å². The molecular weight excluding hydrogens is 404 g/mol. The van der Waals surface area contributed by atoms with Gasteiger partial charge in [0.05, 0.1) is 18.8 Å². The van der Waals surface area contributed by atoms with E-state index in [9.17, 15) is 14.4 Å². The Balaban J connectivity index is 2.04. The van der Waals surface area contributed by atoms with Crippen LogP contribution in [0.5, 0.6) is 5.88 Å². The van der Waals surface area contributed by atoms with E-state index in [-0.39, 0.29) is 37.0 Å². The van der Waals surface area contributed by atoms with E-state index in [1.807, 2.05) is 0 Å². The smallest absolute Gasteiger partial charge is 0.339 e. The average molecular weight is 426 g/mol. The maximum atomic E-state index is 13.4. The molecule has 10 heteroatoms. The van der Waals surface area contributed by atoms with Crippen molar-refractivity contribution >= 4 is 23.6 Å². The van der Waals surface area contributed by atoms with Gasteiger partial charge in [0.2, 0.25) is 5.88 Å². The highest BCUT2D eigenvalue weighted by atomic mass is 16.6. The van der Waals surface area contributed by atoms with E-state index in [4.69, 9.17) is 19.9 Å². The van der Waals surface area contributed by atoms with Crippen LogP contribution < -0.4 is 15.4 Å². The Morgan fingerprint density at radius 2 is 1.94 bits per heavy atom. The van der Waals surface area contributed by atoms with Gasteiger partial charge in [-0.3, -0.25) is 9.89 Å². The van der Waals surface area contributed by atoms with Gasteiger partial charge in [0.25, 0.3) is 0 Å². The van der Waals surface area contributed by atoms with E-state index in [1.165, 1.54) is 4.90 Å². The van der Waals surface area contributed by atoms with E-state index < -0.39 is 23.3 Å². The zero-order chi connectivity index (χ0) is 22.3. The molecule has 0 bridgehead atoms. The number of ether oxygens (including phenoxy) is 3. The van der Waals surface area contributed by atoms with Crippen molar-refractivity contribution in [2.45, 2.75) is 26.2 Å². The molecule has 0 aliphatic carbocycles. The number of carbonyl (C=O) groups is 3. The van der Waals surface area contributed by atoms with Crippen molar-refractivity contribution in [2.24, 2.45) is 5.73 Å². The lowest BCUT2D eigenvalue weighted by Gasteiger charge is -2.40. The second-order valence-corrected chi connectivity index (χ2v) is 7.06. The Labute approximate surface area is 177 Å². The zero-order valence-electron chi connectivity index (χ0n) is 17.4. The molecule has 1 atom stereocenters. The van der Waals surface area contributed by atoms with Gasteiger partial charge in [-0.05, 0) is 26.8 Å². The molecule has 31 heavy (non-hydrogen) atoms. The highest BCUT2D eigenvalue weighted by molar-refractivity contribution is 6.11. The number of hydrogen-bond donors (Lipinski definition) is 2. The number of hydrogen-bond acceptors (Lipinski definition) is 9. The van der Waals surface area contributed by atoms with Crippen molar-refractivity contribution in [3.8, 4) is 5.88 Å². The summed E-state index contributed by atoms with van der Waals surface area (Å²) in [7, 11) is 0. The molecule has 162 valence electrons. The second kappa shape index (κ2) is 7.46. The molecule has 0 saturated carbocycles. The monoisotopic (exact) mass is 426 g/mol. The summed E-state index contributed by atoms with van der Waals surface area (Å²) < 4.78 is 15.8. The van der Waals surface area contributed by atoms with Crippen LogP contribution >= 0.6 is 0 Å². The van der Waals surface area contributed by atoms with Crippen LogP contribution in [0.15, 0.2) is 35.7 Å². The molecule has 2 aliphatic heterocycles. The molecule has 2 aliphatic rings. The average Bonchev–Trinajstić information content (AvgIpc) is 3.23. The lowest BCUT2D eigenvalue weighted by molar-refractivity contribution is -0.144. The molecule has 0 fully saturated rings. The van der Waals surface area contributed by atoms with Crippen LogP contribution in [0.25, 0.3) is 0 Å². The van der Waals surface area contributed by atoms with Gasteiger partial charge in [-0.15, -0.1) is 5.10 Å². The Bertz CT molecular complexity index is 1120. The molecule has 0 radical (unpaired) electrons. The highest BCUT2D eigenvalue weighted by Gasteiger charge is 2.62. The topological polar surface area (TPSA) is 137 Å². The lowest BCUT2D eigenvalue weighted by Crippen LogP contribution is -2.50. The molecule has 2 aromatic rings. The van der Waals surface area contributed by atoms with Crippen molar-refractivity contribution < 1.29 is 28.6 Å². The number of nitrogens with one attached hydrogen (secondary N) is 1. The number of aromatic nitrogens is 2. The van der Waals surface area contributed by atoms with Crippen molar-refractivity contribution in [1.29, 1.82) is 0 Å². The maximum Gasteiger partial charge on any atom is 0.339 e. The van der Waals surface area contributed by atoms with Gasteiger partial charge >= 0.3 is 17.9 Å². The number of aromatic amines is 1. The Morgan fingerprint density at radius 3 is 2.65 bits per heavy atom. The first-order chi connectivity index (χ1) is 14.9.